The summed E-state index contributed by atoms with van der Waals surface area (Å²) in [6.07, 6.45) is 3.27. The number of fused-ring (bicyclic) bond motifs is 1. The number of nitrogens with zero attached hydrogens (tertiary/aromatic N) is 4. The zero-order valence-corrected chi connectivity index (χ0v) is 21.2. The first-order valence-corrected chi connectivity index (χ1v) is 13.1. The Morgan fingerprint density at radius 3 is 2.51 bits per heavy atom. The SMILES string of the molecule is COc1ccc(-c2nc(C)c3c(OCCN4CCOCC4)c(C(=O)N4CCCCC4)sc3n2)cc1. The van der Waals surface area contributed by atoms with E-state index in [-0.39, 0.29) is 5.91 Å². The molecule has 0 N–H and O–H groups in total. The predicted molar refractivity (Wildman–Crippen MR) is 137 cm³/mol. The van der Waals surface area contributed by atoms with E-state index in [1.54, 1.807) is 7.11 Å². The topological polar surface area (TPSA) is 77.0 Å². The third kappa shape index (κ3) is 5.27. The molecule has 1 aromatic carbocycles. The van der Waals surface area contributed by atoms with Crippen molar-refractivity contribution in [3.63, 3.8) is 0 Å². The minimum Gasteiger partial charge on any atom is -0.497 e. The average molecular weight is 497 g/mol. The second-order valence-corrected chi connectivity index (χ2v) is 9.96. The summed E-state index contributed by atoms with van der Waals surface area (Å²) in [5.41, 5.74) is 1.72. The number of morpholine rings is 1. The summed E-state index contributed by atoms with van der Waals surface area (Å²) in [6, 6.07) is 7.70. The Morgan fingerprint density at radius 2 is 1.80 bits per heavy atom. The molecule has 0 saturated carbocycles. The molecule has 2 aliphatic rings. The molecule has 35 heavy (non-hydrogen) atoms. The van der Waals surface area contributed by atoms with Crippen molar-refractivity contribution in [1.29, 1.82) is 0 Å². The Bertz CT molecular complexity index is 1170. The number of aryl methyl sites for hydroxylation is 1. The monoisotopic (exact) mass is 496 g/mol. The quantitative estimate of drug-likeness (QED) is 0.489. The maximum absolute atomic E-state index is 13.6. The third-order valence-electron chi connectivity index (χ3n) is 6.63. The molecule has 5 rings (SSSR count). The van der Waals surface area contributed by atoms with Crippen molar-refractivity contribution in [3.05, 3.63) is 34.8 Å². The van der Waals surface area contributed by atoms with Gasteiger partial charge in [-0.2, -0.15) is 0 Å². The molecule has 2 fully saturated rings. The van der Waals surface area contributed by atoms with Gasteiger partial charge in [0.1, 0.15) is 22.1 Å². The largest absolute Gasteiger partial charge is 0.497 e. The molecule has 0 spiro atoms. The molecule has 186 valence electrons. The first-order valence-electron chi connectivity index (χ1n) is 12.3. The molecule has 3 aromatic rings. The van der Waals surface area contributed by atoms with Crippen LogP contribution in [0.1, 0.15) is 34.6 Å². The zero-order chi connectivity index (χ0) is 24.2. The lowest BCUT2D eigenvalue weighted by molar-refractivity contribution is 0.0323. The lowest BCUT2D eigenvalue weighted by atomic mass is 10.1. The van der Waals surface area contributed by atoms with Gasteiger partial charge >= 0.3 is 0 Å². The molecule has 0 unspecified atom stereocenters. The van der Waals surface area contributed by atoms with Crippen molar-refractivity contribution in [2.24, 2.45) is 0 Å². The number of thiophene rings is 1. The molecular weight excluding hydrogens is 464 g/mol. The van der Waals surface area contributed by atoms with E-state index in [9.17, 15) is 4.79 Å². The van der Waals surface area contributed by atoms with Crippen molar-refractivity contribution >= 4 is 27.5 Å². The first kappa shape index (κ1) is 24.0. The highest BCUT2D eigenvalue weighted by Gasteiger charge is 2.28. The average Bonchev–Trinajstić information content (AvgIpc) is 3.28. The fourth-order valence-electron chi connectivity index (χ4n) is 4.63. The zero-order valence-electron chi connectivity index (χ0n) is 20.4. The second kappa shape index (κ2) is 10.9. The smallest absolute Gasteiger partial charge is 0.267 e. The fourth-order valence-corrected chi connectivity index (χ4v) is 5.77. The Labute approximate surface area is 209 Å². The summed E-state index contributed by atoms with van der Waals surface area (Å²) in [5.74, 6) is 2.09. The summed E-state index contributed by atoms with van der Waals surface area (Å²) >= 11 is 1.42. The van der Waals surface area contributed by atoms with Crippen LogP contribution in [-0.2, 0) is 4.74 Å². The van der Waals surface area contributed by atoms with E-state index in [1.165, 1.54) is 17.8 Å². The van der Waals surface area contributed by atoms with Gasteiger partial charge in [-0.15, -0.1) is 11.3 Å². The fraction of sp³-hybridized carbons (Fsp3) is 0.500. The normalized spacial score (nSPS) is 17.0. The van der Waals surface area contributed by atoms with Crippen molar-refractivity contribution in [1.82, 2.24) is 19.8 Å². The van der Waals surface area contributed by atoms with Gasteiger partial charge in [0.15, 0.2) is 11.6 Å². The maximum Gasteiger partial charge on any atom is 0.267 e. The van der Waals surface area contributed by atoms with Crippen LogP contribution in [0.2, 0.25) is 0 Å². The number of likely N-dealkylation sites (tertiary alicyclic amines) is 1. The molecule has 0 aliphatic carbocycles. The van der Waals surface area contributed by atoms with Crippen LogP contribution < -0.4 is 9.47 Å². The van der Waals surface area contributed by atoms with Gasteiger partial charge in [0, 0.05) is 38.3 Å². The maximum atomic E-state index is 13.6. The van der Waals surface area contributed by atoms with Crippen LogP contribution in [0.4, 0.5) is 0 Å². The first-order chi connectivity index (χ1) is 17.1. The lowest BCUT2D eigenvalue weighted by Crippen LogP contribution is -2.38. The highest BCUT2D eigenvalue weighted by molar-refractivity contribution is 7.21. The van der Waals surface area contributed by atoms with Gasteiger partial charge in [-0.05, 0) is 50.5 Å². The van der Waals surface area contributed by atoms with E-state index in [4.69, 9.17) is 24.2 Å². The van der Waals surface area contributed by atoms with Gasteiger partial charge < -0.3 is 19.1 Å². The third-order valence-corrected chi connectivity index (χ3v) is 7.69. The van der Waals surface area contributed by atoms with Crippen LogP contribution in [0.5, 0.6) is 11.5 Å². The van der Waals surface area contributed by atoms with Gasteiger partial charge in [-0.25, -0.2) is 9.97 Å². The van der Waals surface area contributed by atoms with E-state index in [0.717, 1.165) is 86.0 Å². The lowest BCUT2D eigenvalue weighted by Gasteiger charge is -2.27. The number of carbonyl (C=O) groups is 1. The van der Waals surface area contributed by atoms with Gasteiger partial charge in [-0.1, -0.05) is 0 Å². The second-order valence-electron chi connectivity index (χ2n) is 8.96. The standard InChI is InChI=1S/C26H32N4O4S/c1-18-21-22(34-17-14-29-12-15-33-16-13-29)23(26(31)30-10-4-3-5-11-30)35-25(21)28-24(27-18)19-6-8-20(32-2)9-7-19/h6-9H,3-5,10-17H2,1-2H3. The minimum atomic E-state index is 0.0412. The van der Waals surface area contributed by atoms with E-state index in [0.29, 0.717) is 23.1 Å². The summed E-state index contributed by atoms with van der Waals surface area (Å²) in [4.78, 5) is 28.9. The van der Waals surface area contributed by atoms with Crippen LogP contribution in [0.15, 0.2) is 24.3 Å². The number of rotatable bonds is 7. The summed E-state index contributed by atoms with van der Waals surface area (Å²) in [7, 11) is 1.65. The van der Waals surface area contributed by atoms with Crippen molar-refractivity contribution in [2.75, 3.05) is 59.7 Å². The number of benzene rings is 1. The van der Waals surface area contributed by atoms with Crippen molar-refractivity contribution in [2.45, 2.75) is 26.2 Å². The Morgan fingerprint density at radius 1 is 1.06 bits per heavy atom. The Balaban J connectivity index is 1.48. The van der Waals surface area contributed by atoms with E-state index < -0.39 is 0 Å². The minimum absolute atomic E-state index is 0.0412. The number of ether oxygens (including phenoxy) is 3. The van der Waals surface area contributed by atoms with Crippen molar-refractivity contribution < 1.29 is 19.0 Å². The van der Waals surface area contributed by atoms with Gasteiger partial charge in [0.25, 0.3) is 5.91 Å². The molecule has 1 amide bonds. The molecule has 0 radical (unpaired) electrons. The van der Waals surface area contributed by atoms with Crippen LogP contribution in [0.25, 0.3) is 21.6 Å². The number of hydrogen-bond donors (Lipinski definition) is 0. The summed E-state index contributed by atoms with van der Waals surface area (Å²) in [5, 5.41) is 0.842. The molecule has 9 heteroatoms. The molecule has 8 nitrogen and oxygen atoms in total. The molecule has 0 atom stereocenters. The van der Waals surface area contributed by atoms with Gasteiger partial charge in [0.05, 0.1) is 31.4 Å². The van der Waals surface area contributed by atoms with Gasteiger partial charge in [-0.3, -0.25) is 9.69 Å². The highest BCUT2D eigenvalue weighted by atomic mass is 32.1. The predicted octanol–water partition coefficient (Wildman–Crippen LogP) is 4.01. The number of methoxy groups -OCH3 is 1. The summed E-state index contributed by atoms with van der Waals surface area (Å²) in [6.45, 7) is 8.16. The number of hydrogen-bond acceptors (Lipinski definition) is 8. The Hall–Kier alpha value is -2.75. The van der Waals surface area contributed by atoms with Crippen molar-refractivity contribution in [3.8, 4) is 22.9 Å². The molecular formula is C26H32N4O4S. The Kier molecular flexibility index (Phi) is 7.46. The van der Waals surface area contributed by atoms with Gasteiger partial charge in [0.2, 0.25) is 0 Å². The number of amides is 1. The number of piperidine rings is 1. The molecule has 4 heterocycles. The molecule has 2 aromatic heterocycles. The van der Waals surface area contributed by atoms with Crippen LogP contribution >= 0.6 is 11.3 Å². The van der Waals surface area contributed by atoms with E-state index >= 15 is 0 Å². The molecule has 2 aliphatic heterocycles. The number of carbonyl (C=O) groups excluding carboxylic acids is 1. The van der Waals surface area contributed by atoms with E-state index in [2.05, 4.69) is 4.90 Å². The molecule has 0 bridgehead atoms. The molecule has 2 saturated heterocycles. The van der Waals surface area contributed by atoms with Crippen LogP contribution in [-0.4, -0.2) is 85.3 Å². The van der Waals surface area contributed by atoms with Crippen LogP contribution in [0.3, 0.4) is 0 Å². The van der Waals surface area contributed by atoms with Crippen LogP contribution in [0, 0.1) is 6.92 Å². The highest BCUT2D eigenvalue weighted by Crippen LogP contribution is 2.40. The number of aromatic nitrogens is 2. The van der Waals surface area contributed by atoms with E-state index in [1.807, 2.05) is 36.1 Å². The summed E-state index contributed by atoms with van der Waals surface area (Å²) < 4.78 is 17.1.